The second kappa shape index (κ2) is 12.0. The van der Waals surface area contributed by atoms with E-state index in [1.807, 2.05) is 38.1 Å². The molecule has 2 aromatic rings. The van der Waals surface area contributed by atoms with Gasteiger partial charge in [-0.15, -0.1) is 0 Å². The van der Waals surface area contributed by atoms with Gasteiger partial charge in [0, 0.05) is 21.5 Å². The summed E-state index contributed by atoms with van der Waals surface area (Å²) in [6, 6.07) is 13.4. The molecule has 10 heteroatoms. The molecule has 0 saturated carbocycles. The highest BCUT2D eigenvalue weighted by Crippen LogP contribution is 2.28. The van der Waals surface area contributed by atoms with Gasteiger partial charge in [-0.05, 0) is 66.0 Å². The molecule has 33 heavy (non-hydrogen) atoms. The van der Waals surface area contributed by atoms with Gasteiger partial charge in [-0.3, -0.25) is 13.9 Å². The zero-order valence-corrected chi connectivity index (χ0v) is 23.1. The van der Waals surface area contributed by atoms with Crippen molar-refractivity contribution in [3.63, 3.8) is 0 Å². The summed E-state index contributed by atoms with van der Waals surface area (Å²) in [6.45, 7) is 5.22. The Labute approximate surface area is 212 Å². The number of carbonyl (C=O) groups excluding carboxylic acids is 2. The first-order chi connectivity index (χ1) is 15.4. The molecule has 2 amide bonds. The van der Waals surface area contributed by atoms with Crippen molar-refractivity contribution in [2.75, 3.05) is 17.1 Å². The van der Waals surface area contributed by atoms with E-state index in [0.717, 1.165) is 27.0 Å². The second-order valence-corrected chi connectivity index (χ2v) is 11.5. The average Bonchev–Trinajstić information content (AvgIpc) is 2.75. The fourth-order valence-corrected chi connectivity index (χ4v) is 5.05. The highest BCUT2D eigenvalue weighted by atomic mass is 79.9. The number of nitrogens with one attached hydrogen (secondary N) is 1. The van der Waals surface area contributed by atoms with E-state index < -0.39 is 28.5 Å². The zero-order valence-electron chi connectivity index (χ0n) is 19.1. The molecule has 0 aliphatic heterocycles. The monoisotopic (exact) mass is 601 g/mol. The second-order valence-electron chi connectivity index (χ2n) is 7.87. The Kier molecular flexibility index (Phi) is 9.93. The lowest BCUT2D eigenvalue weighted by Gasteiger charge is -2.32. The number of hydrogen-bond donors (Lipinski definition) is 1. The van der Waals surface area contributed by atoms with Gasteiger partial charge >= 0.3 is 0 Å². The Bertz CT molecular complexity index is 1090. The summed E-state index contributed by atoms with van der Waals surface area (Å²) in [5.41, 5.74) is 1.17. The van der Waals surface area contributed by atoms with E-state index in [9.17, 15) is 18.0 Å². The normalized spacial score (nSPS) is 13.2. The summed E-state index contributed by atoms with van der Waals surface area (Å²) in [4.78, 5) is 27.8. The van der Waals surface area contributed by atoms with Crippen molar-refractivity contribution in [1.29, 1.82) is 0 Å². The van der Waals surface area contributed by atoms with E-state index in [0.29, 0.717) is 10.2 Å². The fraction of sp³-hybridized carbons (Fsp3) is 0.391. The number of anilines is 1. The molecular formula is C23H29Br2N3O4S. The molecule has 2 rings (SSSR count). The molecule has 0 aliphatic carbocycles. The lowest BCUT2D eigenvalue weighted by Crippen LogP contribution is -2.52. The van der Waals surface area contributed by atoms with Gasteiger partial charge in [0.25, 0.3) is 0 Å². The smallest absolute Gasteiger partial charge is 0.244 e. The van der Waals surface area contributed by atoms with Crippen LogP contribution in [-0.4, -0.2) is 50.0 Å². The number of nitrogens with zero attached hydrogens (tertiary/aromatic N) is 2. The molecule has 0 unspecified atom stereocenters. The van der Waals surface area contributed by atoms with Crippen LogP contribution < -0.4 is 9.62 Å². The van der Waals surface area contributed by atoms with E-state index in [-0.39, 0.29) is 18.5 Å². The van der Waals surface area contributed by atoms with E-state index in [4.69, 9.17) is 0 Å². The summed E-state index contributed by atoms with van der Waals surface area (Å²) < 4.78 is 27.6. The number of amides is 2. The molecule has 0 saturated heterocycles. The highest BCUT2D eigenvalue weighted by molar-refractivity contribution is 9.10. The first-order valence-electron chi connectivity index (χ1n) is 10.5. The largest absolute Gasteiger partial charge is 0.352 e. The van der Waals surface area contributed by atoms with Crippen LogP contribution in [0.25, 0.3) is 0 Å². The molecule has 0 heterocycles. The van der Waals surface area contributed by atoms with Crippen molar-refractivity contribution in [2.45, 2.75) is 45.8 Å². The molecule has 0 aliphatic rings. The predicted octanol–water partition coefficient (Wildman–Crippen LogP) is 4.31. The number of sulfonamides is 1. The van der Waals surface area contributed by atoms with Crippen LogP contribution in [-0.2, 0) is 26.2 Å². The third-order valence-corrected chi connectivity index (χ3v) is 7.50. The van der Waals surface area contributed by atoms with Crippen LogP contribution in [0.4, 0.5) is 5.69 Å². The Morgan fingerprint density at radius 3 is 2.30 bits per heavy atom. The molecule has 0 fully saturated rings. The number of para-hydroxylation sites is 1. The quantitative estimate of drug-likeness (QED) is 0.439. The molecule has 2 atom stereocenters. The van der Waals surface area contributed by atoms with Gasteiger partial charge < -0.3 is 10.2 Å². The molecule has 0 bridgehead atoms. The van der Waals surface area contributed by atoms with Crippen molar-refractivity contribution < 1.29 is 18.0 Å². The van der Waals surface area contributed by atoms with Crippen LogP contribution in [0.2, 0.25) is 0 Å². The maximum atomic E-state index is 13.5. The van der Waals surface area contributed by atoms with Crippen molar-refractivity contribution >= 4 is 59.4 Å². The van der Waals surface area contributed by atoms with Crippen molar-refractivity contribution in [1.82, 2.24) is 10.2 Å². The lowest BCUT2D eigenvalue weighted by molar-refractivity contribution is -0.139. The van der Waals surface area contributed by atoms with E-state index >= 15 is 0 Å². The van der Waals surface area contributed by atoms with Gasteiger partial charge in [0.05, 0.1) is 11.9 Å². The molecule has 0 spiro atoms. The van der Waals surface area contributed by atoms with Crippen molar-refractivity contribution in [3.05, 3.63) is 63.0 Å². The zero-order chi connectivity index (χ0) is 24.8. The average molecular weight is 603 g/mol. The maximum Gasteiger partial charge on any atom is 0.244 e. The summed E-state index contributed by atoms with van der Waals surface area (Å²) in [5, 5.41) is 2.90. The third kappa shape index (κ3) is 7.82. The van der Waals surface area contributed by atoms with E-state index in [1.165, 1.54) is 4.90 Å². The lowest BCUT2D eigenvalue weighted by atomic mass is 10.1. The first-order valence-corrected chi connectivity index (χ1v) is 13.9. The summed E-state index contributed by atoms with van der Waals surface area (Å²) in [7, 11) is -3.77. The Morgan fingerprint density at radius 2 is 1.73 bits per heavy atom. The van der Waals surface area contributed by atoms with Gasteiger partial charge in [-0.2, -0.15) is 0 Å². The fourth-order valence-electron chi connectivity index (χ4n) is 3.13. The summed E-state index contributed by atoms with van der Waals surface area (Å²) >= 11 is 6.79. The van der Waals surface area contributed by atoms with Crippen LogP contribution in [0.3, 0.4) is 0 Å². The molecule has 2 aromatic carbocycles. The Hall–Kier alpha value is -1.91. The minimum absolute atomic E-state index is 0.0458. The molecule has 0 aromatic heterocycles. The van der Waals surface area contributed by atoms with Crippen molar-refractivity contribution in [2.24, 2.45) is 0 Å². The molecule has 7 nitrogen and oxygen atoms in total. The van der Waals surface area contributed by atoms with Gasteiger partial charge in [0.1, 0.15) is 12.6 Å². The summed E-state index contributed by atoms with van der Waals surface area (Å²) in [5.74, 6) is -0.776. The topological polar surface area (TPSA) is 86.8 Å². The van der Waals surface area contributed by atoms with Crippen LogP contribution in [0.1, 0.15) is 32.8 Å². The van der Waals surface area contributed by atoms with E-state index in [2.05, 4.69) is 37.2 Å². The number of hydrogen-bond acceptors (Lipinski definition) is 4. The summed E-state index contributed by atoms with van der Waals surface area (Å²) in [6.07, 6.45) is 1.80. The standard InChI is InChI=1S/C23H29Br2N3O4S/c1-5-16(2)26-23(30)17(3)27(14-18-9-8-10-19(24)13-18)22(29)15-28(33(4,31)32)21-12-7-6-11-20(21)25/h6-13,16-17H,5,14-15H2,1-4H3,(H,26,30)/t16-,17-/m0/s1. The maximum absolute atomic E-state index is 13.5. The number of benzene rings is 2. The van der Waals surface area contributed by atoms with E-state index in [1.54, 1.807) is 31.2 Å². The SMILES string of the molecule is CC[C@H](C)NC(=O)[C@H](C)N(Cc1cccc(Br)c1)C(=O)CN(c1ccccc1Br)S(C)(=O)=O. The minimum Gasteiger partial charge on any atom is -0.352 e. The molecule has 1 N–H and O–H groups in total. The van der Waals surface area contributed by atoms with Crippen LogP contribution >= 0.6 is 31.9 Å². The Morgan fingerprint density at radius 1 is 1.06 bits per heavy atom. The number of carbonyl (C=O) groups is 2. The predicted molar refractivity (Wildman–Crippen MR) is 138 cm³/mol. The van der Waals surface area contributed by atoms with Crippen LogP contribution in [0, 0.1) is 0 Å². The van der Waals surface area contributed by atoms with Crippen LogP contribution in [0.15, 0.2) is 57.5 Å². The highest BCUT2D eigenvalue weighted by Gasteiger charge is 2.31. The number of halogens is 2. The first kappa shape index (κ1) is 27.3. The molecule has 0 radical (unpaired) electrons. The van der Waals surface area contributed by atoms with Gasteiger partial charge in [-0.1, -0.05) is 47.1 Å². The number of rotatable bonds is 10. The molecule has 180 valence electrons. The van der Waals surface area contributed by atoms with Gasteiger partial charge in [0.15, 0.2) is 0 Å². The van der Waals surface area contributed by atoms with Crippen molar-refractivity contribution in [3.8, 4) is 0 Å². The third-order valence-electron chi connectivity index (χ3n) is 5.21. The molecular weight excluding hydrogens is 574 g/mol. The van der Waals surface area contributed by atoms with Gasteiger partial charge in [0.2, 0.25) is 21.8 Å². The van der Waals surface area contributed by atoms with Crippen LogP contribution in [0.5, 0.6) is 0 Å². The Balaban J connectivity index is 2.40. The van der Waals surface area contributed by atoms with Gasteiger partial charge in [-0.25, -0.2) is 8.42 Å². The minimum atomic E-state index is -3.77.